The van der Waals surface area contributed by atoms with Crippen molar-refractivity contribution in [3.63, 3.8) is 0 Å². The van der Waals surface area contributed by atoms with Gasteiger partial charge in [0.15, 0.2) is 11.6 Å². The maximum Gasteiger partial charge on any atom is 0.160 e. The summed E-state index contributed by atoms with van der Waals surface area (Å²) in [7, 11) is 0. The molecule has 0 bridgehead atoms. The Balaban J connectivity index is 0.000000143. The quantitative estimate of drug-likeness (QED) is 0.109. The molecule has 6 heterocycles. The van der Waals surface area contributed by atoms with Gasteiger partial charge in [-0.25, -0.2) is 19.9 Å². The zero-order chi connectivity index (χ0) is 82.0. The van der Waals surface area contributed by atoms with Crippen LogP contribution in [-0.4, -0.2) is 38.2 Å². The maximum atomic E-state index is 5.12. The minimum Gasteiger partial charge on any atom is -0.309 e. The summed E-state index contributed by atoms with van der Waals surface area (Å²) >= 11 is 0. The first-order chi connectivity index (χ1) is 61.5. The highest BCUT2D eigenvalue weighted by molar-refractivity contribution is 6.17. The molecule has 8 heteroatoms. The second-order valence-corrected chi connectivity index (χ2v) is 31.6. The molecule has 0 spiro atoms. The van der Waals surface area contributed by atoms with Crippen LogP contribution in [0.3, 0.4) is 0 Å². The third kappa shape index (κ3) is 13.0. The second-order valence-electron chi connectivity index (χ2n) is 31.6. The number of nitrogens with zero attached hydrogens (tertiary/aromatic N) is 8. The van der Waals surface area contributed by atoms with E-state index in [0.29, 0.717) is 11.6 Å². The number of aromatic nitrogens is 8. The molecule has 0 aliphatic rings. The van der Waals surface area contributed by atoms with E-state index in [1.54, 1.807) is 0 Å². The number of fused-ring (bicyclic) bond motifs is 12. The van der Waals surface area contributed by atoms with Crippen LogP contribution in [0.25, 0.3) is 222 Å². The highest BCUT2D eigenvalue weighted by Crippen LogP contribution is 2.45. The van der Waals surface area contributed by atoms with Crippen molar-refractivity contribution in [2.24, 2.45) is 0 Å². The fraction of sp³-hybridized carbons (Fsp3) is 0. The van der Waals surface area contributed by atoms with E-state index in [-0.39, 0.29) is 0 Å². The van der Waals surface area contributed by atoms with Gasteiger partial charge in [-0.2, -0.15) is 0 Å². The van der Waals surface area contributed by atoms with Crippen molar-refractivity contribution in [1.82, 2.24) is 38.2 Å². The molecule has 0 saturated carbocycles. The van der Waals surface area contributed by atoms with Gasteiger partial charge in [0.2, 0.25) is 0 Å². The molecule has 24 rings (SSSR count). The Hall–Kier alpha value is -16.7. The zero-order valence-electron chi connectivity index (χ0n) is 67.5. The number of hydrogen-bond acceptors (Lipinski definition) is 4. The first-order valence-electron chi connectivity index (χ1n) is 42.1. The smallest absolute Gasteiger partial charge is 0.160 e. The Morgan fingerprint density at radius 1 is 0.137 bits per heavy atom. The lowest BCUT2D eigenvalue weighted by Crippen LogP contribution is -1.97. The molecule has 0 aliphatic heterocycles. The van der Waals surface area contributed by atoms with E-state index in [4.69, 9.17) is 19.9 Å². The van der Waals surface area contributed by atoms with Crippen LogP contribution in [0.2, 0.25) is 0 Å². The van der Waals surface area contributed by atoms with Crippen LogP contribution in [-0.2, 0) is 0 Å². The van der Waals surface area contributed by atoms with Gasteiger partial charge in [-0.1, -0.05) is 340 Å². The van der Waals surface area contributed by atoms with E-state index >= 15 is 0 Å². The normalized spacial score (nSPS) is 11.5. The molecule has 18 aromatic carbocycles. The molecule has 0 aliphatic carbocycles. The Labute approximate surface area is 716 Å². The van der Waals surface area contributed by atoms with E-state index in [1.165, 1.54) is 98.4 Å². The van der Waals surface area contributed by atoms with Gasteiger partial charge in [-0.15, -0.1) is 0 Å². The third-order valence-corrected chi connectivity index (χ3v) is 24.2. The Bertz CT molecular complexity index is 7610. The summed E-state index contributed by atoms with van der Waals surface area (Å²) in [6.45, 7) is 0. The minimum atomic E-state index is 0.699. The molecule has 8 nitrogen and oxygen atoms in total. The van der Waals surface area contributed by atoms with E-state index < -0.39 is 0 Å². The zero-order valence-corrected chi connectivity index (χ0v) is 67.5. The lowest BCUT2D eigenvalue weighted by atomic mass is 9.99. The van der Waals surface area contributed by atoms with E-state index in [2.05, 4.69) is 443 Å². The number of para-hydroxylation sites is 8. The van der Waals surface area contributed by atoms with Crippen molar-refractivity contribution < 1.29 is 0 Å². The summed E-state index contributed by atoms with van der Waals surface area (Å²) in [5.74, 6) is 1.41. The van der Waals surface area contributed by atoms with Crippen LogP contribution < -0.4 is 0 Å². The van der Waals surface area contributed by atoms with Crippen molar-refractivity contribution in [3.05, 3.63) is 461 Å². The summed E-state index contributed by atoms with van der Waals surface area (Å²) in [4.78, 5) is 20.4. The minimum absolute atomic E-state index is 0.699. The van der Waals surface area contributed by atoms with Crippen molar-refractivity contribution in [2.75, 3.05) is 0 Å². The molecule has 0 saturated heterocycles. The fourth-order valence-corrected chi connectivity index (χ4v) is 18.5. The molecule has 580 valence electrons. The summed E-state index contributed by atoms with van der Waals surface area (Å²) in [5, 5.41) is 9.82. The molecule has 0 atom stereocenters. The Morgan fingerprint density at radius 2 is 0.403 bits per heavy atom. The number of rotatable bonds is 14. The molecule has 124 heavy (non-hydrogen) atoms. The molecule has 0 unspecified atom stereocenters. The topological polar surface area (TPSA) is 71.3 Å². The van der Waals surface area contributed by atoms with Gasteiger partial charge in [-0.3, -0.25) is 0 Å². The van der Waals surface area contributed by atoms with Crippen LogP contribution in [0.1, 0.15) is 0 Å². The van der Waals surface area contributed by atoms with Gasteiger partial charge in [0.25, 0.3) is 0 Å². The van der Waals surface area contributed by atoms with Crippen molar-refractivity contribution in [2.45, 2.75) is 0 Å². The van der Waals surface area contributed by atoms with E-state index in [9.17, 15) is 0 Å². The summed E-state index contributed by atoms with van der Waals surface area (Å²) in [6, 6.07) is 164. The molecule has 0 fully saturated rings. The van der Waals surface area contributed by atoms with Crippen LogP contribution in [0.5, 0.6) is 0 Å². The third-order valence-electron chi connectivity index (χ3n) is 24.2. The predicted octanol–water partition coefficient (Wildman–Crippen LogP) is 30.0. The van der Waals surface area contributed by atoms with Crippen LogP contribution >= 0.6 is 0 Å². The first-order valence-corrected chi connectivity index (χ1v) is 42.1. The average molecular weight is 1580 g/mol. The highest BCUT2D eigenvalue weighted by atomic mass is 15.0. The van der Waals surface area contributed by atoms with Gasteiger partial charge in [0, 0.05) is 110 Å². The molecule has 6 aromatic heterocycles. The van der Waals surface area contributed by atoms with Crippen molar-refractivity contribution in [1.29, 1.82) is 0 Å². The largest absolute Gasteiger partial charge is 0.309 e. The number of benzene rings is 18. The van der Waals surface area contributed by atoms with Crippen LogP contribution in [0, 0.1) is 0 Å². The lowest BCUT2D eigenvalue weighted by Gasteiger charge is -2.14. The highest BCUT2D eigenvalue weighted by Gasteiger charge is 2.24. The van der Waals surface area contributed by atoms with Crippen LogP contribution in [0.15, 0.2) is 461 Å². The van der Waals surface area contributed by atoms with Gasteiger partial charge < -0.3 is 18.3 Å². The standard InChI is InChI=1S/2C58H38N4/c1-4-17-39(18-5-1)52-38-53(60-58(59-52)40-19-6-2-7-20-40)44-23-14-21-41(35-44)42-33-34-56-51(37-42)49-28-11-12-31-54(49)61(56)46-26-15-22-43(36-46)47-29-16-30-50-48-27-10-13-32-55(48)62(57(47)50)45-24-8-3-9-25-45;1-4-17-39(18-5-1)52-38-53(40-19-6-2-7-20-40)60-58(59-52)44-23-14-21-41(35-44)42-33-34-56-51(37-42)49-28-11-12-31-54(49)61(56)46-26-15-22-43(36-46)47-29-16-30-50-48-27-10-13-32-55(48)62(57(47)50)45-24-8-3-9-25-45/h2*1-38H. The molecule has 0 N–H and O–H groups in total. The molecule has 0 amide bonds. The molecular weight excluding hydrogens is 1510 g/mol. The van der Waals surface area contributed by atoms with Gasteiger partial charge >= 0.3 is 0 Å². The van der Waals surface area contributed by atoms with Crippen molar-refractivity contribution in [3.8, 4) is 135 Å². The molecular formula is C116H76N8. The predicted molar refractivity (Wildman–Crippen MR) is 516 cm³/mol. The number of hydrogen-bond donors (Lipinski definition) is 0. The maximum absolute atomic E-state index is 5.12. The van der Waals surface area contributed by atoms with Gasteiger partial charge in [-0.05, 0) is 155 Å². The second kappa shape index (κ2) is 30.9. The van der Waals surface area contributed by atoms with Crippen molar-refractivity contribution >= 4 is 87.2 Å². The summed E-state index contributed by atoms with van der Waals surface area (Å²) < 4.78 is 9.66. The summed E-state index contributed by atoms with van der Waals surface area (Å²) in [6.07, 6.45) is 0. The van der Waals surface area contributed by atoms with Crippen LogP contribution in [0.4, 0.5) is 0 Å². The Kier molecular flexibility index (Phi) is 18.1. The van der Waals surface area contributed by atoms with E-state index in [0.717, 1.165) is 112 Å². The lowest BCUT2D eigenvalue weighted by molar-refractivity contribution is 1.17. The summed E-state index contributed by atoms with van der Waals surface area (Å²) in [5.41, 5.74) is 33.0. The molecule has 0 radical (unpaired) electrons. The van der Waals surface area contributed by atoms with E-state index in [1.807, 2.05) is 36.4 Å². The first kappa shape index (κ1) is 72.5. The monoisotopic (exact) mass is 1580 g/mol. The average Bonchev–Trinajstić information content (AvgIpc) is 1.58. The van der Waals surface area contributed by atoms with Gasteiger partial charge in [0.1, 0.15) is 0 Å². The fourth-order valence-electron chi connectivity index (χ4n) is 18.5. The Morgan fingerprint density at radius 3 is 0.823 bits per heavy atom. The van der Waals surface area contributed by atoms with Gasteiger partial charge in [0.05, 0.1) is 66.9 Å². The molecule has 24 aromatic rings. The SMILES string of the molecule is c1ccc(-c2cc(-c3cccc(-c4ccc5c(c4)c4ccccc4n5-c4cccc(-c5cccc6c7ccccc7n(-c7ccccc7)c56)c4)c3)nc(-c3ccccc3)n2)cc1.c1ccc(-c2cc(-c3ccccc3)nc(-c3cccc(-c4ccc5c(c4)c4ccccc4n5-c4cccc(-c5cccc6c7ccccc7n(-c7ccccc7)c56)c4)c3)n2)cc1.